The Morgan fingerprint density at radius 3 is 2.41 bits per heavy atom. The highest BCUT2D eigenvalue weighted by Crippen LogP contribution is 2.15. The number of nitro groups is 1. The van der Waals surface area contributed by atoms with Gasteiger partial charge in [-0.05, 0) is 42.5 Å². The van der Waals surface area contributed by atoms with Gasteiger partial charge in [-0.15, -0.1) is 0 Å². The van der Waals surface area contributed by atoms with Gasteiger partial charge in [0.05, 0.1) is 18.1 Å². The van der Waals surface area contributed by atoms with Gasteiger partial charge in [-0.2, -0.15) is 0 Å². The third kappa shape index (κ3) is 5.33. The zero-order chi connectivity index (χ0) is 20.8. The number of carbonyl (C=O) groups excluding carboxylic acids is 2. The van der Waals surface area contributed by atoms with Crippen LogP contribution in [0.1, 0.15) is 20.7 Å². The van der Waals surface area contributed by atoms with E-state index in [9.17, 15) is 19.7 Å². The van der Waals surface area contributed by atoms with E-state index in [1.165, 1.54) is 24.3 Å². The van der Waals surface area contributed by atoms with Gasteiger partial charge in [0.15, 0.2) is 5.11 Å². The van der Waals surface area contributed by atoms with Gasteiger partial charge in [0.1, 0.15) is 0 Å². The number of nitrogens with zero attached hydrogens (tertiary/aromatic N) is 2. The zero-order valence-corrected chi connectivity index (χ0v) is 16.1. The number of carbonyl (C=O) groups is 2. The van der Waals surface area contributed by atoms with E-state index in [2.05, 4.69) is 10.6 Å². The first kappa shape index (κ1) is 20.4. The van der Waals surface area contributed by atoms with Crippen LogP contribution in [0.3, 0.4) is 0 Å². The molecule has 150 valence electrons. The SMILES string of the molecule is O=C(NC(=S)Nc1cccc(C(=O)N2CCOCC2)c1)c1ccc([N+](=O)[O-])cc1. The van der Waals surface area contributed by atoms with Crippen molar-refractivity contribution < 1.29 is 19.2 Å². The van der Waals surface area contributed by atoms with E-state index in [0.29, 0.717) is 37.6 Å². The van der Waals surface area contributed by atoms with Crippen LogP contribution >= 0.6 is 12.2 Å². The first-order valence-corrected chi connectivity index (χ1v) is 9.19. The number of nitrogens with one attached hydrogen (secondary N) is 2. The number of benzene rings is 2. The maximum absolute atomic E-state index is 12.6. The van der Waals surface area contributed by atoms with E-state index in [0.717, 1.165) is 0 Å². The number of hydrogen-bond acceptors (Lipinski definition) is 6. The normalized spacial score (nSPS) is 13.4. The summed E-state index contributed by atoms with van der Waals surface area (Å²) in [6.45, 7) is 2.12. The van der Waals surface area contributed by atoms with Crippen LogP contribution in [0.2, 0.25) is 0 Å². The van der Waals surface area contributed by atoms with Crippen molar-refractivity contribution in [2.45, 2.75) is 0 Å². The summed E-state index contributed by atoms with van der Waals surface area (Å²) >= 11 is 5.15. The van der Waals surface area contributed by atoms with Gasteiger partial charge >= 0.3 is 0 Å². The average Bonchev–Trinajstić information content (AvgIpc) is 2.74. The molecule has 1 aliphatic rings. The molecule has 1 fully saturated rings. The van der Waals surface area contributed by atoms with Crippen molar-refractivity contribution in [3.05, 3.63) is 69.8 Å². The molecule has 0 radical (unpaired) electrons. The first-order valence-electron chi connectivity index (χ1n) is 8.78. The van der Waals surface area contributed by atoms with E-state index >= 15 is 0 Å². The minimum absolute atomic E-state index is 0.0457. The highest BCUT2D eigenvalue weighted by Gasteiger charge is 2.19. The fourth-order valence-corrected chi connectivity index (χ4v) is 2.96. The second-order valence-electron chi connectivity index (χ2n) is 6.20. The van der Waals surface area contributed by atoms with E-state index in [1.807, 2.05) is 0 Å². The van der Waals surface area contributed by atoms with Crippen LogP contribution in [-0.2, 0) is 4.74 Å². The van der Waals surface area contributed by atoms with Gasteiger partial charge in [0, 0.05) is 42.0 Å². The molecule has 0 saturated carbocycles. The molecule has 2 amide bonds. The Morgan fingerprint density at radius 1 is 1.07 bits per heavy atom. The van der Waals surface area contributed by atoms with Crippen molar-refractivity contribution in [1.29, 1.82) is 0 Å². The van der Waals surface area contributed by atoms with Gasteiger partial charge in [-0.1, -0.05) is 6.07 Å². The molecule has 1 saturated heterocycles. The summed E-state index contributed by atoms with van der Waals surface area (Å²) in [7, 11) is 0. The summed E-state index contributed by atoms with van der Waals surface area (Å²) in [5, 5.41) is 16.1. The maximum atomic E-state index is 12.6. The standard InChI is InChI=1S/C19H18N4O5S/c24-17(13-4-6-16(7-5-13)23(26)27)21-19(29)20-15-3-1-2-14(12-15)18(25)22-8-10-28-11-9-22/h1-7,12H,8-11H2,(H2,20,21,24,29). The number of thiocarbonyl (C=S) groups is 1. The molecular weight excluding hydrogens is 396 g/mol. The summed E-state index contributed by atoms with van der Waals surface area (Å²) in [4.78, 5) is 36.7. The van der Waals surface area contributed by atoms with Crippen LogP contribution in [0.4, 0.5) is 11.4 Å². The van der Waals surface area contributed by atoms with Gasteiger partial charge < -0.3 is 15.0 Å². The summed E-state index contributed by atoms with van der Waals surface area (Å²) in [5.41, 5.74) is 1.18. The molecule has 2 aromatic carbocycles. The van der Waals surface area contributed by atoms with Crippen LogP contribution in [-0.4, -0.2) is 53.1 Å². The molecule has 0 atom stereocenters. The number of anilines is 1. The lowest BCUT2D eigenvalue weighted by Gasteiger charge is -2.27. The van der Waals surface area contributed by atoms with Crippen LogP contribution in [0, 0.1) is 10.1 Å². The van der Waals surface area contributed by atoms with Crippen molar-refractivity contribution in [3.8, 4) is 0 Å². The van der Waals surface area contributed by atoms with E-state index in [4.69, 9.17) is 17.0 Å². The Kier molecular flexibility index (Phi) is 6.47. The fourth-order valence-electron chi connectivity index (χ4n) is 2.75. The van der Waals surface area contributed by atoms with E-state index in [-0.39, 0.29) is 22.3 Å². The number of hydrogen-bond donors (Lipinski definition) is 2. The van der Waals surface area contributed by atoms with Gasteiger partial charge in [-0.3, -0.25) is 25.0 Å². The summed E-state index contributed by atoms with van der Waals surface area (Å²) in [5.74, 6) is -0.601. The second-order valence-corrected chi connectivity index (χ2v) is 6.61. The molecule has 0 aliphatic carbocycles. The highest BCUT2D eigenvalue weighted by molar-refractivity contribution is 7.80. The van der Waals surface area contributed by atoms with Gasteiger partial charge in [0.2, 0.25) is 0 Å². The molecule has 29 heavy (non-hydrogen) atoms. The van der Waals surface area contributed by atoms with E-state index in [1.54, 1.807) is 29.2 Å². The topological polar surface area (TPSA) is 114 Å². The number of rotatable bonds is 4. The first-order chi connectivity index (χ1) is 13.9. The number of non-ortho nitro benzene ring substituents is 1. The average molecular weight is 414 g/mol. The molecule has 0 bridgehead atoms. The van der Waals surface area contributed by atoms with Crippen LogP contribution in [0.25, 0.3) is 0 Å². The van der Waals surface area contributed by atoms with Crippen LogP contribution < -0.4 is 10.6 Å². The molecule has 3 rings (SSSR count). The monoisotopic (exact) mass is 414 g/mol. The fraction of sp³-hybridized carbons (Fsp3) is 0.211. The van der Waals surface area contributed by atoms with Gasteiger partial charge in [-0.25, -0.2) is 0 Å². The number of nitro benzene ring substituents is 1. The zero-order valence-electron chi connectivity index (χ0n) is 15.3. The van der Waals surface area contributed by atoms with Gasteiger partial charge in [0.25, 0.3) is 17.5 Å². The lowest BCUT2D eigenvalue weighted by atomic mass is 10.1. The van der Waals surface area contributed by atoms with E-state index < -0.39 is 10.8 Å². The Hall–Kier alpha value is -3.37. The molecule has 2 aromatic rings. The summed E-state index contributed by atoms with van der Waals surface area (Å²) in [6.07, 6.45) is 0. The Morgan fingerprint density at radius 2 is 1.76 bits per heavy atom. The molecule has 1 aliphatic heterocycles. The molecular formula is C19H18N4O5S. The number of ether oxygens (including phenoxy) is 1. The molecule has 1 heterocycles. The summed E-state index contributed by atoms with van der Waals surface area (Å²) in [6, 6.07) is 12.0. The lowest BCUT2D eigenvalue weighted by molar-refractivity contribution is -0.384. The van der Waals surface area contributed by atoms with Crippen molar-refractivity contribution in [3.63, 3.8) is 0 Å². The van der Waals surface area contributed by atoms with Crippen LogP contribution in [0.5, 0.6) is 0 Å². The summed E-state index contributed by atoms with van der Waals surface area (Å²) < 4.78 is 5.26. The smallest absolute Gasteiger partial charge is 0.269 e. The Labute approximate surface area is 171 Å². The third-order valence-corrected chi connectivity index (χ3v) is 4.44. The largest absolute Gasteiger partial charge is 0.378 e. The predicted molar refractivity (Wildman–Crippen MR) is 110 cm³/mol. The molecule has 0 aromatic heterocycles. The van der Waals surface area contributed by atoms with Crippen molar-refractivity contribution in [2.24, 2.45) is 0 Å². The Bertz CT molecular complexity index is 942. The molecule has 2 N–H and O–H groups in total. The highest BCUT2D eigenvalue weighted by atomic mass is 32.1. The second kappa shape index (κ2) is 9.22. The number of morpholine rings is 1. The molecule has 10 heteroatoms. The van der Waals surface area contributed by atoms with Crippen LogP contribution in [0.15, 0.2) is 48.5 Å². The molecule has 0 spiro atoms. The number of amides is 2. The maximum Gasteiger partial charge on any atom is 0.269 e. The predicted octanol–water partition coefficient (Wildman–Crippen LogP) is 2.19. The molecule has 9 nitrogen and oxygen atoms in total. The van der Waals surface area contributed by atoms with Crippen molar-refractivity contribution in [1.82, 2.24) is 10.2 Å². The van der Waals surface area contributed by atoms with Crippen molar-refractivity contribution >= 4 is 40.5 Å². The Balaban J connectivity index is 1.60. The molecule has 0 unspecified atom stereocenters. The minimum atomic E-state index is -0.543. The quantitative estimate of drug-likeness (QED) is 0.448. The lowest BCUT2D eigenvalue weighted by Crippen LogP contribution is -2.40. The minimum Gasteiger partial charge on any atom is -0.378 e. The third-order valence-electron chi connectivity index (χ3n) is 4.23. The van der Waals surface area contributed by atoms with Crippen molar-refractivity contribution in [2.75, 3.05) is 31.6 Å².